The van der Waals surface area contributed by atoms with E-state index in [2.05, 4.69) is 20.4 Å². The van der Waals surface area contributed by atoms with E-state index in [1.807, 2.05) is 0 Å². The van der Waals surface area contributed by atoms with E-state index >= 15 is 0 Å². The molecule has 0 unspecified atom stereocenters. The lowest BCUT2D eigenvalue weighted by Gasteiger charge is -2.29. The SMILES string of the molecule is S=C1N(CNC2CCCCC2)CCN1CNC1CCCCC1. The Morgan fingerprint density at radius 1 is 0.727 bits per heavy atom. The summed E-state index contributed by atoms with van der Waals surface area (Å²) in [5, 5.41) is 8.46. The van der Waals surface area contributed by atoms with Crippen LogP contribution in [-0.4, -0.2) is 53.4 Å². The van der Waals surface area contributed by atoms with Gasteiger partial charge in [-0.15, -0.1) is 0 Å². The first kappa shape index (κ1) is 16.5. The summed E-state index contributed by atoms with van der Waals surface area (Å²) in [5.41, 5.74) is 0. The highest BCUT2D eigenvalue weighted by Gasteiger charge is 2.26. The average Bonchev–Trinajstić information content (AvgIpc) is 2.93. The Morgan fingerprint density at radius 2 is 1.14 bits per heavy atom. The molecule has 1 saturated heterocycles. The maximum Gasteiger partial charge on any atom is 0.173 e. The average molecular weight is 325 g/mol. The molecule has 2 N–H and O–H groups in total. The van der Waals surface area contributed by atoms with E-state index < -0.39 is 0 Å². The largest absolute Gasteiger partial charge is 0.335 e. The fraction of sp³-hybridized carbons (Fsp3) is 0.941. The van der Waals surface area contributed by atoms with Crippen LogP contribution in [-0.2, 0) is 0 Å². The molecule has 3 rings (SSSR count). The van der Waals surface area contributed by atoms with Gasteiger partial charge >= 0.3 is 0 Å². The molecule has 22 heavy (non-hydrogen) atoms. The monoisotopic (exact) mass is 324 g/mol. The number of hydrogen-bond donors (Lipinski definition) is 2. The summed E-state index contributed by atoms with van der Waals surface area (Å²) < 4.78 is 0. The smallest absolute Gasteiger partial charge is 0.173 e. The zero-order chi connectivity index (χ0) is 15.2. The van der Waals surface area contributed by atoms with Crippen LogP contribution in [0.3, 0.4) is 0 Å². The highest BCUT2D eigenvalue weighted by molar-refractivity contribution is 7.80. The summed E-state index contributed by atoms with van der Waals surface area (Å²) in [7, 11) is 0. The van der Waals surface area contributed by atoms with Gasteiger partial charge in [-0.25, -0.2) is 0 Å². The van der Waals surface area contributed by atoms with Crippen molar-refractivity contribution in [1.82, 2.24) is 20.4 Å². The van der Waals surface area contributed by atoms with Gasteiger partial charge in [-0.1, -0.05) is 38.5 Å². The minimum absolute atomic E-state index is 0.714. The topological polar surface area (TPSA) is 30.5 Å². The predicted octanol–water partition coefficient (Wildman–Crippen LogP) is 2.65. The van der Waals surface area contributed by atoms with Gasteiger partial charge in [0.05, 0.1) is 13.3 Å². The van der Waals surface area contributed by atoms with Crippen molar-refractivity contribution in [3.05, 3.63) is 0 Å². The number of nitrogens with zero attached hydrogens (tertiary/aromatic N) is 2. The van der Waals surface area contributed by atoms with Crippen molar-refractivity contribution in [3.63, 3.8) is 0 Å². The van der Waals surface area contributed by atoms with Gasteiger partial charge < -0.3 is 9.80 Å². The molecule has 1 aliphatic heterocycles. The second-order valence-corrected chi connectivity index (χ2v) is 7.57. The Morgan fingerprint density at radius 3 is 1.55 bits per heavy atom. The van der Waals surface area contributed by atoms with Gasteiger partial charge in [-0.3, -0.25) is 10.6 Å². The minimum Gasteiger partial charge on any atom is -0.335 e. The first-order valence-electron chi connectivity index (χ1n) is 9.33. The third-order valence-corrected chi connectivity index (χ3v) is 6.05. The number of thiocarbonyl (C=S) groups is 1. The van der Waals surface area contributed by atoms with Gasteiger partial charge in [0.2, 0.25) is 0 Å². The zero-order valence-corrected chi connectivity index (χ0v) is 14.7. The summed E-state index contributed by atoms with van der Waals surface area (Å²) >= 11 is 5.67. The van der Waals surface area contributed by atoms with E-state index in [-0.39, 0.29) is 0 Å². The maximum absolute atomic E-state index is 5.67. The second kappa shape index (κ2) is 8.46. The quantitative estimate of drug-likeness (QED) is 0.734. The van der Waals surface area contributed by atoms with E-state index in [1.165, 1.54) is 64.2 Å². The molecule has 3 aliphatic rings. The summed E-state index contributed by atoms with van der Waals surface area (Å²) in [6, 6.07) is 1.43. The molecular formula is C17H32N4S. The van der Waals surface area contributed by atoms with Gasteiger partial charge in [-0.2, -0.15) is 0 Å². The third-order valence-electron chi connectivity index (χ3n) is 5.53. The van der Waals surface area contributed by atoms with Crippen LogP contribution in [0.2, 0.25) is 0 Å². The maximum atomic E-state index is 5.67. The first-order valence-corrected chi connectivity index (χ1v) is 9.74. The van der Waals surface area contributed by atoms with Crippen molar-refractivity contribution < 1.29 is 0 Å². The van der Waals surface area contributed by atoms with Crippen molar-refractivity contribution in [1.29, 1.82) is 0 Å². The Bertz CT molecular complexity index is 319. The standard InChI is InChI=1S/C17H32N4S/c22-17-20(13-18-15-7-3-1-4-8-15)11-12-21(17)14-19-16-9-5-2-6-10-16/h15-16,18-19H,1-14H2. The van der Waals surface area contributed by atoms with Gasteiger partial charge in [0.1, 0.15) is 0 Å². The molecule has 0 radical (unpaired) electrons. The Balaban J connectivity index is 1.35. The van der Waals surface area contributed by atoms with Gasteiger partial charge in [0, 0.05) is 25.2 Å². The van der Waals surface area contributed by atoms with E-state index in [0.717, 1.165) is 31.5 Å². The first-order chi connectivity index (χ1) is 10.8. The Labute approximate surface area is 141 Å². The molecule has 2 saturated carbocycles. The molecule has 5 heteroatoms. The van der Waals surface area contributed by atoms with E-state index in [0.29, 0.717) is 12.1 Å². The zero-order valence-electron chi connectivity index (χ0n) is 13.9. The molecule has 0 bridgehead atoms. The van der Waals surface area contributed by atoms with Crippen molar-refractivity contribution in [2.75, 3.05) is 26.4 Å². The lowest BCUT2D eigenvalue weighted by molar-refractivity contribution is 0.317. The molecule has 0 atom stereocenters. The molecule has 3 fully saturated rings. The molecular weight excluding hydrogens is 292 g/mol. The number of hydrogen-bond acceptors (Lipinski definition) is 3. The van der Waals surface area contributed by atoms with Crippen molar-refractivity contribution >= 4 is 17.3 Å². The molecule has 0 spiro atoms. The van der Waals surface area contributed by atoms with Crippen LogP contribution in [0, 0.1) is 0 Å². The van der Waals surface area contributed by atoms with Crippen LogP contribution in [0.1, 0.15) is 64.2 Å². The second-order valence-electron chi connectivity index (χ2n) is 7.20. The van der Waals surface area contributed by atoms with Crippen LogP contribution in [0.25, 0.3) is 0 Å². The highest BCUT2D eigenvalue weighted by atomic mass is 32.1. The van der Waals surface area contributed by atoms with Gasteiger partial charge in [0.25, 0.3) is 0 Å². The Kier molecular flexibility index (Phi) is 6.33. The van der Waals surface area contributed by atoms with Crippen molar-refractivity contribution in [2.24, 2.45) is 0 Å². The van der Waals surface area contributed by atoms with Crippen molar-refractivity contribution in [2.45, 2.75) is 76.3 Å². The Hall–Kier alpha value is -0.390. The van der Waals surface area contributed by atoms with Crippen molar-refractivity contribution in [3.8, 4) is 0 Å². The van der Waals surface area contributed by atoms with E-state index in [4.69, 9.17) is 12.2 Å². The summed E-state index contributed by atoms with van der Waals surface area (Å²) in [5.74, 6) is 0. The molecule has 0 aromatic rings. The molecule has 4 nitrogen and oxygen atoms in total. The van der Waals surface area contributed by atoms with Crippen LogP contribution in [0.5, 0.6) is 0 Å². The van der Waals surface area contributed by atoms with Gasteiger partial charge in [-0.05, 0) is 37.9 Å². The van der Waals surface area contributed by atoms with Crippen LogP contribution in [0.15, 0.2) is 0 Å². The number of rotatable bonds is 6. The molecule has 0 amide bonds. The third kappa shape index (κ3) is 4.56. The summed E-state index contributed by atoms with van der Waals surface area (Å²) in [4.78, 5) is 4.68. The van der Waals surface area contributed by atoms with Crippen LogP contribution >= 0.6 is 12.2 Å². The fourth-order valence-electron chi connectivity index (χ4n) is 4.02. The van der Waals surface area contributed by atoms with Crippen LogP contribution in [0.4, 0.5) is 0 Å². The summed E-state index contributed by atoms with van der Waals surface area (Å²) in [6.45, 7) is 4.02. The lowest BCUT2D eigenvalue weighted by atomic mass is 9.96. The molecule has 0 aromatic heterocycles. The summed E-state index contributed by atoms with van der Waals surface area (Å²) in [6.07, 6.45) is 13.8. The number of nitrogens with one attached hydrogen (secondary N) is 2. The van der Waals surface area contributed by atoms with E-state index in [1.54, 1.807) is 0 Å². The van der Waals surface area contributed by atoms with Gasteiger partial charge in [0.15, 0.2) is 5.11 Å². The normalized spacial score (nSPS) is 25.2. The minimum atomic E-state index is 0.714. The highest BCUT2D eigenvalue weighted by Crippen LogP contribution is 2.19. The molecule has 2 aliphatic carbocycles. The molecule has 126 valence electrons. The molecule has 1 heterocycles. The van der Waals surface area contributed by atoms with E-state index in [9.17, 15) is 0 Å². The molecule has 0 aromatic carbocycles. The predicted molar refractivity (Wildman–Crippen MR) is 95.8 cm³/mol. The van der Waals surface area contributed by atoms with Crippen LogP contribution < -0.4 is 10.6 Å². The fourth-order valence-corrected chi connectivity index (χ4v) is 4.33. The lowest BCUT2D eigenvalue weighted by Crippen LogP contribution is -2.45.